The first-order chi connectivity index (χ1) is 9.30. The molecule has 2 saturated heterocycles. The molecule has 2 aliphatic heterocycles. The van der Waals surface area contributed by atoms with Gasteiger partial charge >= 0.3 is 14.2 Å². The molecule has 0 amide bonds. The summed E-state index contributed by atoms with van der Waals surface area (Å²) in [5.74, 6) is 1.35. The van der Waals surface area contributed by atoms with Gasteiger partial charge in [-0.2, -0.15) is 36.6 Å². The molecule has 0 radical (unpaired) electrons. The Balaban J connectivity index is 1.64. The molecule has 102 valence electrons. The maximum absolute atomic E-state index is 5.73. The zero-order chi connectivity index (χ0) is 13.2. The van der Waals surface area contributed by atoms with Gasteiger partial charge in [0.15, 0.2) is 0 Å². The van der Waals surface area contributed by atoms with Crippen molar-refractivity contribution in [3.8, 4) is 0 Å². The van der Waals surface area contributed by atoms with Crippen LogP contribution in [-0.2, 0) is 18.6 Å². The Labute approximate surface area is 128 Å². The van der Waals surface area contributed by atoms with Crippen molar-refractivity contribution in [3.05, 3.63) is 12.1 Å². The van der Waals surface area contributed by atoms with E-state index in [0.717, 1.165) is 9.55 Å². The van der Waals surface area contributed by atoms with Crippen LogP contribution in [-0.4, -0.2) is 51.2 Å². The number of rotatable bonds is 4. The van der Waals surface area contributed by atoms with Crippen LogP contribution in [0, 0.1) is 0 Å². The molecule has 9 heteroatoms. The Hall–Kier alpha value is 0.370. The van der Waals surface area contributed by atoms with Gasteiger partial charge in [-0.05, 0) is 0 Å². The van der Waals surface area contributed by atoms with E-state index in [4.69, 9.17) is 18.6 Å². The van der Waals surface area contributed by atoms with Crippen LogP contribution >= 0.6 is 36.6 Å². The highest BCUT2D eigenvalue weighted by Crippen LogP contribution is 2.14. The van der Waals surface area contributed by atoms with Crippen molar-refractivity contribution < 1.29 is 18.6 Å². The Morgan fingerprint density at radius 1 is 1.00 bits per heavy atom. The average Bonchev–Trinajstić information content (AvgIpc) is 3.16. The van der Waals surface area contributed by atoms with Gasteiger partial charge < -0.3 is 18.6 Å². The molecular weight excluding hydrogens is 302 g/mol. The van der Waals surface area contributed by atoms with Crippen LogP contribution in [0.5, 0.6) is 0 Å². The van der Waals surface area contributed by atoms with Crippen molar-refractivity contribution in [3.63, 3.8) is 0 Å². The highest BCUT2D eigenvalue weighted by atomic mass is 32.1. The van der Waals surface area contributed by atoms with E-state index in [-0.39, 0.29) is 26.4 Å². The first-order valence-corrected chi connectivity index (χ1v) is 8.23. The monoisotopic (exact) mass is 316 g/mol. The Kier molecular flexibility index (Phi) is 4.84. The van der Waals surface area contributed by atoms with Crippen LogP contribution in [0.15, 0.2) is 12.1 Å². The van der Waals surface area contributed by atoms with Crippen LogP contribution < -0.4 is 9.55 Å². The third-order valence-electron chi connectivity index (χ3n) is 3.02. The molecule has 3 rings (SSSR count). The Morgan fingerprint density at radius 3 is 1.84 bits per heavy atom. The fraction of sp³-hybridized carbons (Fsp3) is 0.600. The van der Waals surface area contributed by atoms with E-state index in [1.807, 2.05) is 12.1 Å². The molecule has 1 aromatic heterocycles. The topological polar surface area (TPSA) is 36.9 Å². The van der Waals surface area contributed by atoms with Gasteiger partial charge in [0, 0.05) is 21.1 Å². The van der Waals surface area contributed by atoms with Crippen molar-refractivity contribution in [2.75, 3.05) is 24.7 Å². The third-order valence-corrected chi connectivity index (χ3v) is 4.96. The molecule has 0 spiro atoms. The van der Waals surface area contributed by atoms with E-state index in [9.17, 15) is 0 Å². The molecule has 2 unspecified atom stereocenters. The molecule has 4 nitrogen and oxygen atoms in total. The van der Waals surface area contributed by atoms with Gasteiger partial charge in [0.05, 0.1) is 25.4 Å². The summed E-state index contributed by atoms with van der Waals surface area (Å²) >= 11 is 10.0. The molecule has 0 bridgehead atoms. The first kappa shape index (κ1) is 14.3. The minimum Gasteiger partial charge on any atom is -0.404 e. The van der Waals surface area contributed by atoms with E-state index in [2.05, 4.69) is 25.3 Å². The summed E-state index contributed by atoms with van der Waals surface area (Å²) in [6, 6.07) is 4.01. The summed E-state index contributed by atoms with van der Waals surface area (Å²) in [4.78, 5) is 0. The predicted molar refractivity (Wildman–Crippen MR) is 84.5 cm³/mol. The second-order valence-corrected chi connectivity index (χ2v) is 6.33. The van der Waals surface area contributed by atoms with E-state index >= 15 is 0 Å². The molecule has 19 heavy (non-hydrogen) atoms. The lowest BCUT2D eigenvalue weighted by Gasteiger charge is -2.05. The van der Waals surface area contributed by atoms with E-state index in [1.165, 1.54) is 0 Å². The molecule has 3 heterocycles. The highest BCUT2D eigenvalue weighted by Gasteiger charge is 2.37. The summed E-state index contributed by atoms with van der Waals surface area (Å²) in [6.07, 6.45) is 0.151. The number of hydrogen-bond acceptors (Lipinski definition) is 7. The van der Waals surface area contributed by atoms with Crippen LogP contribution in [0.2, 0.25) is 0 Å². The molecule has 2 aliphatic rings. The lowest BCUT2D eigenvalue weighted by molar-refractivity contribution is 0.263. The van der Waals surface area contributed by atoms with Gasteiger partial charge in [0.2, 0.25) is 0 Å². The predicted octanol–water partition coefficient (Wildman–Crippen LogP) is -0.171. The maximum Gasteiger partial charge on any atom is 0.504 e. The minimum atomic E-state index is -0.280. The van der Waals surface area contributed by atoms with Crippen molar-refractivity contribution in [1.82, 2.24) is 0 Å². The van der Waals surface area contributed by atoms with Gasteiger partial charge in [-0.1, -0.05) is 12.1 Å². The minimum absolute atomic E-state index is 0.0754. The van der Waals surface area contributed by atoms with Gasteiger partial charge in [-0.3, -0.25) is 0 Å². The standard InChI is InChI=1S/C10H14B2O4S3/c17-5-7-3-13-11(15-7)9-1-2-10(19-9)12-14-4-8(6-18)16-12/h1-2,7-8,17-18H,3-6H2. The molecule has 1 aromatic rings. The van der Waals surface area contributed by atoms with Crippen molar-refractivity contribution >= 4 is 60.4 Å². The average molecular weight is 316 g/mol. The third kappa shape index (κ3) is 3.18. The van der Waals surface area contributed by atoms with Gasteiger partial charge in [-0.15, -0.1) is 0 Å². The smallest absolute Gasteiger partial charge is 0.404 e. The summed E-state index contributed by atoms with van der Waals surface area (Å²) in [7, 11) is -0.559. The van der Waals surface area contributed by atoms with E-state index < -0.39 is 0 Å². The molecule has 2 atom stereocenters. The van der Waals surface area contributed by atoms with Crippen LogP contribution in [0.25, 0.3) is 0 Å². The summed E-state index contributed by atoms with van der Waals surface area (Å²) in [5.41, 5.74) is 0. The number of thiol groups is 2. The molecule has 0 aliphatic carbocycles. The number of thiophene rings is 1. The first-order valence-electron chi connectivity index (χ1n) is 6.15. The van der Waals surface area contributed by atoms with Crippen molar-refractivity contribution in [2.45, 2.75) is 12.2 Å². The number of hydrogen-bond donors (Lipinski definition) is 2. The summed E-state index contributed by atoms with van der Waals surface area (Å²) < 4.78 is 24.8. The summed E-state index contributed by atoms with van der Waals surface area (Å²) in [5, 5.41) is 0. The second kappa shape index (κ2) is 6.43. The zero-order valence-electron chi connectivity index (χ0n) is 10.2. The molecule has 0 N–H and O–H groups in total. The van der Waals surface area contributed by atoms with Crippen molar-refractivity contribution in [1.29, 1.82) is 0 Å². The van der Waals surface area contributed by atoms with Crippen LogP contribution in [0.4, 0.5) is 0 Å². The Bertz CT molecular complexity index is 396. The van der Waals surface area contributed by atoms with Gasteiger partial charge in [0.25, 0.3) is 0 Å². The lowest BCUT2D eigenvalue weighted by Crippen LogP contribution is -2.33. The van der Waals surface area contributed by atoms with Gasteiger partial charge in [-0.25, -0.2) is 0 Å². The van der Waals surface area contributed by atoms with Gasteiger partial charge in [0.1, 0.15) is 0 Å². The van der Waals surface area contributed by atoms with Crippen molar-refractivity contribution in [2.24, 2.45) is 0 Å². The quantitative estimate of drug-likeness (QED) is 0.597. The van der Waals surface area contributed by atoms with E-state index in [0.29, 0.717) is 24.7 Å². The zero-order valence-corrected chi connectivity index (χ0v) is 12.8. The highest BCUT2D eigenvalue weighted by molar-refractivity contribution is 7.80. The Morgan fingerprint density at radius 2 is 1.47 bits per heavy atom. The maximum atomic E-state index is 5.73. The fourth-order valence-electron chi connectivity index (χ4n) is 2.01. The summed E-state index contributed by atoms with van der Waals surface area (Å²) in [6.45, 7) is 1.19. The SMILES string of the molecule is SCC1COB(c2ccc(B3OCC(CS)O3)s2)O1. The lowest BCUT2D eigenvalue weighted by atomic mass is 9.86. The molecule has 2 fully saturated rings. The normalized spacial score (nSPS) is 27.5. The van der Waals surface area contributed by atoms with Crippen LogP contribution in [0.3, 0.4) is 0 Å². The largest absolute Gasteiger partial charge is 0.504 e. The molecule has 0 saturated carbocycles. The molecular formula is C10H14B2O4S3. The fourth-order valence-corrected chi connectivity index (χ4v) is 3.37. The van der Waals surface area contributed by atoms with E-state index in [1.54, 1.807) is 11.3 Å². The van der Waals surface area contributed by atoms with Crippen LogP contribution in [0.1, 0.15) is 0 Å². The molecule has 0 aromatic carbocycles. The second-order valence-electron chi connectivity index (χ2n) is 4.45.